The van der Waals surface area contributed by atoms with Gasteiger partial charge in [-0.15, -0.1) is 0 Å². The Labute approximate surface area is 132 Å². The summed E-state index contributed by atoms with van der Waals surface area (Å²) in [4.78, 5) is 0. The van der Waals surface area contributed by atoms with Crippen molar-refractivity contribution in [3.8, 4) is 11.5 Å². The molecule has 2 aromatic carbocycles. The van der Waals surface area contributed by atoms with Gasteiger partial charge in [-0.05, 0) is 17.7 Å². The van der Waals surface area contributed by atoms with Crippen molar-refractivity contribution in [2.75, 3.05) is 19.5 Å². The average molecular weight is 357 g/mol. The Morgan fingerprint density at radius 2 is 1.80 bits per heavy atom. The molecule has 20 heavy (non-hydrogen) atoms. The van der Waals surface area contributed by atoms with Crippen molar-refractivity contribution in [2.45, 2.75) is 6.54 Å². The standard InChI is InChI=1S/C15H15BrClNO2/c1-19-14-8-15(20-2)13(7-12(14)17)18-9-10-5-3-4-6-11(10)16/h3-8,18H,9H2,1-2H3. The van der Waals surface area contributed by atoms with Crippen molar-refractivity contribution in [3.05, 3.63) is 51.5 Å². The number of hydrogen-bond acceptors (Lipinski definition) is 3. The van der Waals surface area contributed by atoms with Crippen molar-refractivity contribution >= 4 is 33.2 Å². The first-order valence-corrected chi connectivity index (χ1v) is 7.21. The molecule has 1 N–H and O–H groups in total. The molecule has 0 aromatic heterocycles. The smallest absolute Gasteiger partial charge is 0.145 e. The van der Waals surface area contributed by atoms with Crippen LogP contribution in [0.4, 0.5) is 5.69 Å². The molecule has 3 nitrogen and oxygen atoms in total. The lowest BCUT2D eigenvalue weighted by molar-refractivity contribution is 0.395. The van der Waals surface area contributed by atoms with Gasteiger partial charge in [0.05, 0.1) is 24.9 Å². The molecule has 0 fully saturated rings. The zero-order valence-corrected chi connectivity index (χ0v) is 13.6. The second-order valence-corrected chi connectivity index (χ2v) is 5.39. The Balaban J connectivity index is 2.21. The third-order valence-electron chi connectivity index (χ3n) is 2.90. The second-order valence-electron chi connectivity index (χ2n) is 4.13. The zero-order valence-electron chi connectivity index (χ0n) is 11.2. The molecule has 5 heteroatoms. The summed E-state index contributed by atoms with van der Waals surface area (Å²) < 4.78 is 11.6. The number of rotatable bonds is 5. The number of benzene rings is 2. The van der Waals surface area contributed by atoms with E-state index in [1.165, 1.54) is 0 Å². The highest BCUT2D eigenvalue weighted by atomic mass is 79.9. The van der Waals surface area contributed by atoms with Gasteiger partial charge in [0, 0.05) is 17.1 Å². The van der Waals surface area contributed by atoms with Gasteiger partial charge in [-0.3, -0.25) is 0 Å². The van der Waals surface area contributed by atoms with Crippen molar-refractivity contribution in [3.63, 3.8) is 0 Å². The monoisotopic (exact) mass is 355 g/mol. The molecule has 0 unspecified atom stereocenters. The van der Waals surface area contributed by atoms with Crippen LogP contribution in [0.3, 0.4) is 0 Å². The fraction of sp³-hybridized carbons (Fsp3) is 0.200. The zero-order chi connectivity index (χ0) is 14.5. The lowest BCUT2D eigenvalue weighted by atomic mass is 10.2. The van der Waals surface area contributed by atoms with Crippen LogP contribution in [0.5, 0.6) is 11.5 Å². The van der Waals surface area contributed by atoms with Crippen LogP contribution >= 0.6 is 27.5 Å². The van der Waals surface area contributed by atoms with Gasteiger partial charge < -0.3 is 14.8 Å². The molecule has 0 aliphatic carbocycles. The van der Waals surface area contributed by atoms with Crippen molar-refractivity contribution < 1.29 is 9.47 Å². The molecule has 2 aromatic rings. The molecule has 0 atom stereocenters. The van der Waals surface area contributed by atoms with E-state index in [2.05, 4.69) is 27.3 Å². The van der Waals surface area contributed by atoms with Gasteiger partial charge in [0.2, 0.25) is 0 Å². The molecule has 0 aliphatic rings. The SMILES string of the molecule is COc1cc(OC)c(NCc2ccccc2Br)cc1Cl. The predicted molar refractivity (Wildman–Crippen MR) is 86.0 cm³/mol. The van der Waals surface area contributed by atoms with Crippen LogP contribution in [0.15, 0.2) is 40.9 Å². The van der Waals surface area contributed by atoms with Gasteiger partial charge >= 0.3 is 0 Å². The summed E-state index contributed by atoms with van der Waals surface area (Å²) in [6, 6.07) is 11.6. The minimum Gasteiger partial charge on any atom is -0.495 e. The quantitative estimate of drug-likeness (QED) is 0.840. The second kappa shape index (κ2) is 6.86. The summed E-state index contributed by atoms with van der Waals surface area (Å²) in [7, 11) is 3.20. The van der Waals surface area contributed by atoms with Crippen LogP contribution < -0.4 is 14.8 Å². The summed E-state index contributed by atoms with van der Waals surface area (Å²) in [5.41, 5.74) is 1.98. The fourth-order valence-corrected chi connectivity index (χ4v) is 2.50. The molecule has 0 saturated carbocycles. The minimum atomic E-state index is 0.544. The first-order valence-electron chi connectivity index (χ1n) is 6.04. The van der Waals surface area contributed by atoms with Gasteiger partial charge in [-0.2, -0.15) is 0 Å². The van der Waals surface area contributed by atoms with Crippen LogP contribution in [0.2, 0.25) is 5.02 Å². The maximum Gasteiger partial charge on any atom is 0.145 e. The number of anilines is 1. The van der Waals surface area contributed by atoms with E-state index in [4.69, 9.17) is 21.1 Å². The van der Waals surface area contributed by atoms with E-state index < -0.39 is 0 Å². The van der Waals surface area contributed by atoms with Crippen LogP contribution in [0.1, 0.15) is 5.56 Å². The van der Waals surface area contributed by atoms with Gasteiger partial charge in [0.1, 0.15) is 11.5 Å². The number of methoxy groups -OCH3 is 2. The van der Waals surface area contributed by atoms with E-state index in [1.54, 1.807) is 26.4 Å². The van der Waals surface area contributed by atoms with Crippen molar-refractivity contribution in [1.29, 1.82) is 0 Å². The molecule has 106 valence electrons. The molecule has 0 heterocycles. The Kier molecular flexibility index (Phi) is 5.15. The van der Waals surface area contributed by atoms with E-state index in [-0.39, 0.29) is 0 Å². The normalized spacial score (nSPS) is 10.2. The summed E-state index contributed by atoms with van der Waals surface area (Å²) in [6.07, 6.45) is 0. The Hall–Kier alpha value is -1.39. The van der Waals surface area contributed by atoms with Gasteiger partial charge in [-0.25, -0.2) is 0 Å². The Bertz CT molecular complexity index is 604. The molecule has 0 amide bonds. The highest BCUT2D eigenvalue weighted by Crippen LogP contribution is 2.36. The highest BCUT2D eigenvalue weighted by Gasteiger charge is 2.10. The molecule has 0 spiro atoms. The third-order valence-corrected chi connectivity index (χ3v) is 3.97. The van der Waals surface area contributed by atoms with E-state index in [0.717, 1.165) is 15.7 Å². The number of hydrogen-bond donors (Lipinski definition) is 1. The number of ether oxygens (including phenoxy) is 2. The van der Waals surface area contributed by atoms with E-state index >= 15 is 0 Å². The minimum absolute atomic E-state index is 0.544. The summed E-state index contributed by atoms with van der Waals surface area (Å²) in [5.74, 6) is 1.29. The topological polar surface area (TPSA) is 30.5 Å². The van der Waals surface area contributed by atoms with Crippen LogP contribution in [-0.4, -0.2) is 14.2 Å². The van der Waals surface area contributed by atoms with E-state index in [0.29, 0.717) is 23.1 Å². The van der Waals surface area contributed by atoms with Crippen molar-refractivity contribution in [2.24, 2.45) is 0 Å². The van der Waals surface area contributed by atoms with Gasteiger partial charge in [-0.1, -0.05) is 45.7 Å². The number of nitrogens with one attached hydrogen (secondary N) is 1. The fourth-order valence-electron chi connectivity index (χ4n) is 1.83. The largest absolute Gasteiger partial charge is 0.495 e. The lowest BCUT2D eigenvalue weighted by Crippen LogP contribution is -2.02. The molecule has 0 aliphatic heterocycles. The predicted octanol–water partition coefficient (Wildman–Crippen LogP) is 4.73. The van der Waals surface area contributed by atoms with Crippen molar-refractivity contribution in [1.82, 2.24) is 0 Å². The van der Waals surface area contributed by atoms with E-state index in [1.807, 2.05) is 18.2 Å². The molecule has 2 rings (SSSR count). The molecular weight excluding hydrogens is 342 g/mol. The average Bonchev–Trinajstić information content (AvgIpc) is 2.46. The number of halogens is 2. The third kappa shape index (κ3) is 3.38. The molecular formula is C15H15BrClNO2. The first kappa shape index (κ1) is 15.0. The van der Waals surface area contributed by atoms with Crippen LogP contribution in [0, 0.1) is 0 Å². The van der Waals surface area contributed by atoms with E-state index in [9.17, 15) is 0 Å². The highest BCUT2D eigenvalue weighted by molar-refractivity contribution is 9.10. The lowest BCUT2D eigenvalue weighted by Gasteiger charge is -2.14. The van der Waals surface area contributed by atoms with Crippen LogP contribution in [-0.2, 0) is 6.54 Å². The summed E-state index contributed by atoms with van der Waals surface area (Å²) in [5, 5.41) is 3.86. The maximum atomic E-state index is 6.14. The first-order chi connectivity index (χ1) is 9.65. The molecule has 0 radical (unpaired) electrons. The molecule has 0 bridgehead atoms. The summed E-state index contributed by atoms with van der Waals surface area (Å²) in [6.45, 7) is 0.667. The van der Waals surface area contributed by atoms with Gasteiger partial charge in [0.25, 0.3) is 0 Å². The summed E-state index contributed by atoms with van der Waals surface area (Å²) >= 11 is 9.67. The molecule has 0 saturated heterocycles. The van der Waals surface area contributed by atoms with Crippen LogP contribution in [0.25, 0.3) is 0 Å². The Morgan fingerprint density at radius 3 is 2.45 bits per heavy atom. The maximum absolute atomic E-state index is 6.14. The Morgan fingerprint density at radius 1 is 1.10 bits per heavy atom. The van der Waals surface area contributed by atoms with Gasteiger partial charge in [0.15, 0.2) is 0 Å².